The van der Waals surface area contributed by atoms with Gasteiger partial charge in [0.1, 0.15) is 6.29 Å². The van der Waals surface area contributed by atoms with Gasteiger partial charge in [0.15, 0.2) is 0 Å². The summed E-state index contributed by atoms with van der Waals surface area (Å²) in [5.74, 6) is -0.0347. The monoisotopic (exact) mass is 130 g/mol. The Hall–Kier alpha value is -0.370. The van der Waals surface area contributed by atoms with Gasteiger partial charge in [-0.25, -0.2) is 0 Å². The van der Waals surface area contributed by atoms with Crippen molar-refractivity contribution >= 4 is 6.29 Å². The minimum Gasteiger partial charge on any atom is -0.377 e. The fourth-order valence-corrected chi connectivity index (χ4v) is 1.09. The highest BCUT2D eigenvalue weighted by Crippen LogP contribution is 2.20. The Kier molecular flexibility index (Phi) is 1.79. The number of carbonyl (C=O) groups excluding carboxylic acids is 1. The van der Waals surface area contributed by atoms with Crippen LogP contribution in [0.3, 0.4) is 0 Å². The lowest BCUT2D eigenvalue weighted by Crippen LogP contribution is -2.15. The SMILES string of the molecule is [3H][C@@H]1CC(C=O)[C@@H](CC)O1. The van der Waals surface area contributed by atoms with Crippen LogP contribution in [0.5, 0.6) is 0 Å². The Morgan fingerprint density at radius 2 is 2.78 bits per heavy atom. The predicted octanol–water partition coefficient (Wildman–Crippen LogP) is 1.00. The molecule has 1 saturated heterocycles. The summed E-state index contributed by atoms with van der Waals surface area (Å²) in [5, 5.41) is 0. The van der Waals surface area contributed by atoms with Gasteiger partial charge in [0.25, 0.3) is 0 Å². The van der Waals surface area contributed by atoms with Crippen LogP contribution in [0.4, 0.5) is 0 Å². The van der Waals surface area contributed by atoms with Gasteiger partial charge in [-0.05, 0) is 12.8 Å². The van der Waals surface area contributed by atoms with E-state index in [1.54, 1.807) is 0 Å². The molecule has 1 aliphatic heterocycles. The van der Waals surface area contributed by atoms with E-state index >= 15 is 0 Å². The molecule has 0 aromatic heterocycles. The second kappa shape index (κ2) is 2.97. The Labute approximate surface area is 56.6 Å². The minimum absolute atomic E-state index is 0.000000000000000222. The summed E-state index contributed by atoms with van der Waals surface area (Å²) in [6.45, 7) is 1.50. The molecule has 0 spiro atoms. The zero-order chi connectivity index (χ0) is 7.56. The van der Waals surface area contributed by atoms with Crippen LogP contribution >= 0.6 is 0 Å². The normalized spacial score (nSPS) is 44.6. The molecule has 3 atom stereocenters. The molecule has 0 bridgehead atoms. The van der Waals surface area contributed by atoms with E-state index in [4.69, 9.17) is 6.11 Å². The van der Waals surface area contributed by atoms with Crippen LogP contribution in [-0.4, -0.2) is 19.0 Å². The molecule has 2 heteroatoms. The lowest BCUT2D eigenvalue weighted by molar-refractivity contribution is -0.112. The van der Waals surface area contributed by atoms with Gasteiger partial charge in [0.2, 0.25) is 0 Å². The molecule has 0 saturated carbocycles. The quantitative estimate of drug-likeness (QED) is 0.521. The van der Waals surface area contributed by atoms with Gasteiger partial charge in [-0.2, -0.15) is 0 Å². The molecule has 0 amide bonds. The topological polar surface area (TPSA) is 26.3 Å². The van der Waals surface area contributed by atoms with E-state index in [9.17, 15) is 4.79 Å². The summed E-state index contributed by atoms with van der Waals surface area (Å²) in [4.78, 5) is 10.4. The van der Waals surface area contributed by atoms with Crippen LogP contribution in [0.2, 0.25) is 0 Å². The lowest BCUT2D eigenvalue weighted by Gasteiger charge is -2.08. The van der Waals surface area contributed by atoms with Crippen LogP contribution in [0.25, 0.3) is 0 Å². The highest BCUT2D eigenvalue weighted by Gasteiger charge is 2.25. The van der Waals surface area contributed by atoms with Crippen LogP contribution in [-0.2, 0) is 9.53 Å². The van der Waals surface area contributed by atoms with Crippen molar-refractivity contribution in [1.82, 2.24) is 0 Å². The molecule has 1 rings (SSSR count). The number of carbonyl (C=O) groups is 1. The number of rotatable bonds is 2. The van der Waals surface area contributed by atoms with Gasteiger partial charge in [-0.3, -0.25) is 0 Å². The summed E-state index contributed by atoms with van der Waals surface area (Å²) in [7, 11) is 0. The molecule has 0 aromatic carbocycles. The standard InChI is InChI=1S/C7H12O2/c1-2-7-6(5-8)3-4-9-7/h5-7H,2-4H2,1H3/t6?,7-/m1/s1/i4T/t4-,6?,7-. The maximum atomic E-state index is 10.4. The van der Waals surface area contributed by atoms with Crippen molar-refractivity contribution in [1.29, 1.82) is 0 Å². The first-order valence-corrected chi connectivity index (χ1v) is 3.31. The first-order chi connectivity index (χ1) is 4.77. The number of aldehydes is 1. The molecule has 1 heterocycles. The predicted molar refractivity (Wildman–Crippen MR) is 34.2 cm³/mol. The molecule has 0 aromatic rings. The minimum atomic E-state index is -0.472. The number of hydrogen-bond acceptors (Lipinski definition) is 2. The second-order valence-electron chi connectivity index (χ2n) is 2.29. The van der Waals surface area contributed by atoms with E-state index in [0.717, 1.165) is 12.7 Å². The first-order valence-electron chi connectivity index (χ1n) is 3.88. The number of ether oxygens (including phenoxy) is 1. The maximum Gasteiger partial charge on any atom is 0.125 e. The second-order valence-corrected chi connectivity index (χ2v) is 2.29. The largest absolute Gasteiger partial charge is 0.377 e. The average molecular weight is 130 g/mol. The summed E-state index contributed by atoms with van der Waals surface area (Å²) in [6, 6.07) is 0. The third-order valence-corrected chi connectivity index (χ3v) is 1.69. The molecule has 1 fully saturated rings. The summed E-state index contributed by atoms with van der Waals surface area (Å²) >= 11 is 0. The Balaban J connectivity index is 2.48. The van der Waals surface area contributed by atoms with E-state index in [0.29, 0.717) is 6.42 Å². The van der Waals surface area contributed by atoms with Crippen molar-refractivity contribution < 1.29 is 10.9 Å². The van der Waals surface area contributed by atoms with Gasteiger partial charge in [0, 0.05) is 12.5 Å². The molecule has 2 nitrogen and oxygen atoms in total. The third-order valence-electron chi connectivity index (χ3n) is 1.69. The molecule has 1 aliphatic rings. The van der Waals surface area contributed by atoms with Crippen LogP contribution < -0.4 is 0 Å². The van der Waals surface area contributed by atoms with E-state index in [1.807, 2.05) is 6.92 Å². The highest BCUT2D eigenvalue weighted by molar-refractivity contribution is 5.54. The fourth-order valence-electron chi connectivity index (χ4n) is 1.09. The van der Waals surface area contributed by atoms with Crippen LogP contribution in [0.15, 0.2) is 0 Å². The summed E-state index contributed by atoms with van der Waals surface area (Å²) in [6.07, 6.45) is 2.31. The smallest absolute Gasteiger partial charge is 0.125 e. The average Bonchev–Trinajstić information content (AvgIpc) is 2.30. The van der Waals surface area contributed by atoms with E-state index in [1.165, 1.54) is 0 Å². The van der Waals surface area contributed by atoms with Crippen molar-refractivity contribution in [3.8, 4) is 0 Å². The van der Waals surface area contributed by atoms with Crippen molar-refractivity contribution in [2.24, 2.45) is 5.92 Å². The molecule has 1 unspecified atom stereocenters. The van der Waals surface area contributed by atoms with E-state index < -0.39 is 6.58 Å². The van der Waals surface area contributed by atoms with E-state index in [-0.39, 0.29) is 12.0 Å². The van der Waals surface area contributed by atoms with Crippen LogP contribution in [0, 0.1) is 5.92 Å². The Bertz CT molecular complexity index is 127. The maximum absolute atomic E-state index is 10.4. The highest BCUT2D eigenvalue weighted by atomic mass is 16.5. The number of hydrogen-bond donors (Lipinski definition) is 0. The molecule has 9 heavy (non-hydrogen) atoms. The van der Waals surface area contributed by atoms with Crippen LogP contribution in [0.1, 0.15) is 21.1 Å². The summed E-state index contributed by atoms with van der Waals surface area (Å²) < 4.78 is 12.4. The molecular formula is C7H12O2. The van der Waals surface area contributed by atoms with Gasteiger partial charge in [-0.1, -0.05) is 6.92 Å². The van der Waals surface area contributed by atoms with Crippen molar-refractivity contribution in [3.63, 3.8) is 0 Å². The Morgan fingerprint density at radius 1 is 2.00 bits per heavy atom. The van der Waals surface area contributed by atoms with Gasteiger partial charge < -0.3 is 9.53 Å². The summed E-state index contributed by atoms with van der Waals surface area (Å²) in [5.41, 5.74) is 0. The Morgan fingerprint density at radius 3 is 3.22 bits per heavy atom. The van der Waals surface area contributed by atoms with Gasteiger partial charge in [-0.15, -0.1) is 0 Å². The molecule has 0 radical (unpaired) electrons. The zero-order valence-electron chi connectivity index (χ0n) is 6.54. The van der Waals surface area contributed by atoms with Crippen molar-refractivity contribution in [2.75, 3.05) is 6.58 Å². The van der Waals surface area contributed by atoms with Gasteiger partial charge >= 0.3 is 0 Å². The van der Waals surface area contributed by atoms with Crippen molar-refractivity contribution in [2.45, 2.75) is 25.9 Å². The molecular weight excluding hydrogens is 116 g/mol. The first kappa shape index (κ1) is 5.42. The fraction of sp³-hybridized carbons (Fsp3) is 0.857. The zero-order valence-corrected chi connectivity index (χ0v) is 5.54. The van der Waals surface area contributed by atoms with Crippen molar-refractivity contribution in [3.05, 3.63) is 0 Å². The molecule has 0 aliphatic carbocycles. The molecule has 0 N–H and O–H groups in total. The molecule has 52 valence electrons. The van der Waals surface area contributed by atoms with Gasteiger partial charge in [0.05, 0.1) is 7.47 Å². The van der Waals surface area contributed by atoms with E-state index in [2.05, 4.69) is 0 Å². The lowest BCUT2D eigenvalue weighted by atomic mass is 10.0. The third kappa shape index (κ3) is 1.30.